The average molecular weight is 193 g/mol. The lowest BCUT2D eigenvalue weighted by atomic mass is 10.6. The van der Waals surface area contributed by atoms with Gasteiger partial charge >= 0.3 is 0 Å². The van der Waals surface area contributed by atoms with Crippen molar-refractivity contribution < 1.29 is 0 Å². The topological polar surface area (TPSA) is 38.9 Å². The monoisotopic (exact) mass is 192 g/mol. The third-order valence-electron chi connectivity index (χ3n) is 0.776. The summed E-state index contributed by atoms with van der Waals surface area (Å²) in [5.74, 6) is 0. The Morgan fingerprint density at radius 3 is 2.88 bits per heavy atom. The molecule has 0 spiro atoms. The molecule has 1 rings (SSSR count). The van der Waals surface area contributed by atoms with Crippen LogP contribution in [-0.4, -0.2) is 4.98 Å². The predicted octanol–water partition coefficient (Wildman–Crippen LogP) is 1.36. The molecule has 0 amide bonds. The molecule has 2 nitrogen and oxygen atoms in total. The van der Waals surface area contributed by atoms with E-state index in [1.807, 2.05) is 0 Å². The van der Waals surface area contributed by atoms with Gasteiger partial charge in [0.05, 0.1) is 10.4 Å². The molecular formula is C4H5BrN2S. The Kier molecular flexibility index (Phi) is 1.99. The van der Waals surface area contributed by atoms with Gasteiger partial charge in [-0.3, -0.25) is 0 Å². The van der Waals surface area contributed by atoms with Gasteiger partial charge in [0.25, 0.3) is 0 Å². The molecule has 1 heterocycles. The van der Waals surface area contributed by atoms with Crippen LogP contribution in [0, 0.1) is 0 Å². The van der Waals surface area contributed by atoms with E-state index < -0.39 is 0 Å². The number of hydrogen-bond acceptors (Lipinski definition) is 3. The summed E-state index contributed by atoms with van der Waals surface area (Å²) in [4.78, 5) is 5.04. The van der Waals surface area contributed by atoms with Gasteiger partial charge in [0.2, 0.25) is 0 Å². The molecule has 0 aromatic carbocycles. The van der Waals surface area contributed by atoms with Crippen LogP contribution in [0.2, 0.25) is 0 Å². The normalized spacial score (nSPS) is 9.75. The average Bonchev–Trinajstić information content (AvgIpc) is 2.14. The molecule has 0 saturated heterocycles. The first-order chi connectivity index (χ1) is 3.84. The molecule has 0 saturated carbocycles. The Bertz CT molecular complexity index is 174. The van der Waals surface area contributed by atoms with Crippen molar-refractivity contribution in [1.82, 2.24) is 4.98 Å². The number of nitrogens with zero attached hydrogens (tertiary/aromatic N) is 1. The molecule has 0 aliphatic heterocycles. The maximum Gasteiger partial charge on any atom is 0.121 e. The van der Waals surface area contributed by atoms with Gasteiger partial charge in [-0.2, -0.15) is 0 Å². The van der Waals surface area contributed by atoms with Crippen LogP contribution in [0.5, 0.6) is 0 Å². The highest BCUT2D eigenvalue weighted by atomic mass is 79.9. The number of nitrogens with two attached hydrogens (primary N) is 1. The Labute approximate surface area is 59.9 Å². The molecule has 0 fully saturated rings. The number of hydrogen-bond donors (Lipinski definition) is 1. The highest BCUT2D eigenvalue weighted by Crippen LogP contribution is 2.17. The van der Waals surface area contributed by atoms with Gasteiger partial charge in [0.1, 0.15) is 4.60 Å². The molecule has 2 N–H and O–H groups in total. The van der Waals surface area contributed by atoms with E-state index in [1.165, 1.54) is 0 Å². The van der Waals surface area contributed by atoms with E-state index in [2.05, 4.69) is 20.9 Å². The van der Waals surface area contributed by atoms with E-state index in [1.54, 1.807) is 16.8 Å². The van der Waals surface area contributed by atoms with Crippen LogP contribution >= 0.6 is 27.3 Å². The highest BCUT2D eigenvalue weighted by molar-refractivity contribution is 9.10. The van der Waals surface area contributed by atoms with Crippen molar-refractivity contribution in [3.8, 4) is 0 Å². The van der Waals surface area contributed by atoms with Gasteiger partial charge in [-0.1, -0.05) is 0 Å². The maximum absolute atomic E-state index is 5.34. The van der Waals surface area contributed by atoms with E-state index >= 15 is 0 Å². The third kappa shape index (κ3) is 1.07. The first-order valence-electron chi connectivity index (χ1n) is 2.12. The van der Waals surface area contributed by atoms with E-state index in [0.717, 1.165) is 9.48 Å². The minimum atomic E-state index is 0.575. The van der Waals surface area contributed by atoms with Crippen LogP contribution in [0.1, 0.15) is 4.88 Å². The number of aromatic nitrogens is 1. The molecule has 1 aromatic rings. The van der Waals surface area contributed by atoms with Gasteiger partial charge in [-0.25, -0.2) is 4.98 Å². The van der Waals surface area contributed by atoms with E-state index in [4.69, 9.17) is 5.73 Å². The number of rotatable bonds is 1. The van der Waals surface area contributed by atoms with Gasteiger partial charge in [0, 0.05) is 6.54 Å². The fraction of sp³-hybridized carbons (Fsp3) is 0.250. The zero-order chi connectivity index (χ0) is 5.98. The minimum Gasteiger partial charge on any atom is -0.326 e. The quantitative estimate of drug-likeness (QED) is 0.731. The Morgan fingerprint density at radius 1 is 1.88 bits per heavy atom. The molecule has 8 heavy (non-hydrogen) atoms. The highest BCUT2D eigenvalue weighted by Gasteiger charge is 1.96. The summed E-state index contributed by atoms with van der Waals surface area (Å²) in [6.45, 7) is 0.575. The molecule has 0 atom stereocenters. The first-order valence-corrected chi connectivity index (χ1v) is 3.80. The molecule has 0 aliphatic carbocycles. The second-order valence-corrected chi connectivity index (χ2v) is 2.96. The third-order valence-corrected chi connectivity index (χ3v) is 2.58. The van der Waals surface area contributed by atoms with Crippen LogP contribution in [0.25, 0.3) is 0 Å². The number of thiazole rings is 1. The Morgan fingerprint density at radius 2 is 2.62 bits per heavy atom. The number of halogens is 1. The van der Waals surface area contributed by atoms with Crippen molar-refractivity contribution in [1.29, 1.82) is 0 Å². The second-order valence-electron chi connectivity index (χ2n) is 1.27. The van der Waals surface area contributed by atoms with Crippen LogP contribution in [-0.2, 0) is 6.54 Å². The Balaban J connectivity index is 2.92. The van der Waals surface area contributed by atoms with Gasteiger partial charge in [-0.15, -0.1) is 11.3 Å². The van der Waals surface area contributed by atoms with Crippen LogP contribution in [0.15, 0.2) is 10.1 Å². The zero-order valence-corrected chi connectivity index (χ0v) is 6.50. The minimum absolute atomic E-state index is 0.575. The molecule has 1 aromatic heterocycles. The standard InChI is InChI=1S/C4H5BrN2S/c5-4-3(1-6)8-2-7-4/h2H,1,6H2. The smallest absolute Gasteiger partial charge is 0.121 e. The summed E-state index contributed by atoms with van der Waals surface area (Å²) in [6.07, 6.45) is 0. The Hall–Kier alpha value is 0.0700. The van der Waals surface area contributed by atoms with Crippen molar-refractivity contribution in [3.05, 3.63) is 15.0 Å². The van der Waals surface area contributed by atoms with Crippen LogP contribution in [0.3, 0.4) is 0 Å². The first kappa shape index (κ1) is 6.19. The summed E-state index contributed by atoms with van der Waals surface area (Å²) in [6, 6.07) is 0. The lowest BCUT2D eigenvalue weighted by Crippen LogP contribution is -1.92. The van der Waals surface area contributed by atoms with Crippen molar-refractivity contribution in [2.45, 2.75) is 6.54 Å². The zero-order valence-electron chi connectivity index (χ0n) is 4.10. The van der Waals surface area contributed by atoms with Crippen molar-refractivity contribution in [3.63, 3.8) is 0 Å². The van der Waals surface area contributed by atoms with Crippen molar-refractivity contribution in [2.24, 2.45) is 5.73 Å². The van der Waals surface area contributed by atoms with E-state index in [-0.39, 0.29) is 0 Å². The largest absolute Gasteiger partial charge is 0.326 e. The van der Waals surface area contributed by atoms with Gasteiger partial charge < -0.3 is 5.73 Å². The molecule has 0 aliphatic rings. The summed E-state index contributed by atoms with van der Waals surface area (Å²) in [5.41, 5.74) is 7.11. The second kappa shape index (κ2) is 2.57. The molecule has 0 radical (unpaired) electrons. The van der Waals surface area contributed by atoms with Crippen LogP contribution in [0.4, 0.5) is 0 Å². The SMILES string of the molecule is NCc1scnc1Br. The van der Waals surface area contributed by atoms with Gasteiger partial charge in [0.15, 0.2) is 0 Å². The maximum atomic E-state index is 5.34. The van der Waals surface area contributed by atoms with Crippen molar-refractivity contribution in [2.75, 3.05) is 0 Å². The fourth-order valence-corrected chi connectivity index (χ4v) is 1.60. The predicted molar refractivity (Wildman–Crippen MR) is 37.7 cm³/mol. The summed E-state index contributed by atoms with van der Waals surface area (Å²) in [5, 5.41) is 0. The summed E-state index contributed by atoms with van der Waals surface area (Å²) >= 11 is 4.81. The lowest BCUT2D eigenvalue weighted by molar-refractivity contribution is 1.08. The lowest BCUT2D eigenvalue weighted by Gasteiger charge is -1.84. The fourth-order valence-electron chi connectivity index (χ4n) is 0.389. The van der Waals surface area contributed by atoms with Gasteiger partial charge in [-0.05, 0) is 15.9 Å². The van der Waals surface area contributed by atoms with Crippen molar-refractivity contribution >= 4 is 27.3 Å². The van der Waals surface area contributed by atoms with E-state index in [0.29, 0.717) is 6.54 Å². The molecule has 0 unspecified atom stereocenters. The van der Waals surface area contributed by atoms with Crippen LogP contribution < -0.4 is 5.73 Å². The molecule has 4 heteroatoms. The summed E-state index contributed by atoms with van der Waals surface area (Å²) in [7, 11) is 0. The molecule has 0 bridgehead atoms. The molecular weight excluding hydrogens is 188 g/mol. The summed E-state index contributed by atoms with van der Waals surface area (Å²) < 4.78 is 0.880. The van der Waals surface area contributed by atoms with E-state index in [9.17, 15) is 0 Å². The molecule has 44 valence electrons.